The van der Waals surface area contributed by atoms with Gasteiger partial charge in [-0.2, -0.15) is 0 Å². The van der Waals surface area contributed by atoms with Crippen LogP contribution in [0.4, 0.5) is 10.5 Å². The average Bonchev–Trinajstić information content (AvgIpc) is 2.14. The lowest BCUT2D eigenvalue weighted by Gasteiger charge is -2.06. The number of carbonyl (C=O) groups excluding carboxylic acids is 1. The number of phenolic OH excluding ortho intramolecular Hbond substituents is 3. The van der Waals surface area contributed by atoms with Gasteiger partial charge in [0.2, 0.25) is 0 Å². The van der Waals surface area contributed by atoms with Crippen molar-refractivity contribution >= 4 is 11.7 Å². The molecule has 0 atom stereocenters. The molecule has 1 aromatic carbocycles. The topological polar surface area (TPSA) is 102 Å². The first-order valence-electron chi connectivity index (χ1n) is 3.78. The molecule has 5 N–H and O–H groups in total. The van der Waals surface area contributed by atoms with Crippen LogP contribution in [-0.4, -0.2) is 28.4 Å². The van der Waals surface area contributed by atoms with Gasteiger partial charge in [-0.25, -0.2) is 4.79 Å². The van der Waals surface area contributed by atoms with Crippen LogP contribution in [0.3, 0.4) is 0 Å². The largest absolute Gasteiger partial charge is 0.504 e. The molecule has 6 nitrogen and oxygen atoms in total. The molecular weight excluding hydrogens is 188 g/mol. The van der Waals surface area contributed by atoms with Crippen molar-refractivity contribution in [2.24, 2.45) is 0 Å². The summed E-state index contributed by atoms with van der Waals surface area (Å²) in [5.74, 6) is -1.62. The van der Waals surface area contributed by atoms with Crippen molar-refractivity contribution in [1.29, 1.82) is 0 Å². The van der Waals surface area contributed by atoms with Gasteiger partial charge in [-0.1, -0.05) is 0 Å². The summed E-state index contributed by atoms with van der Waals surface area (Å²) in [6.45, 7) is 0. The van der Waals surface area contributed by atoms with Gasteiger partial charge < -0.3 is 26.0 Å². The van der Waals surface area contributed by atoms with E-state index < -0.39 is 23.3 Å². The van der Waals surface area contributed by atoms with Gasteiger partial charge in [0.1, 0.15) is 0 Å². The van der Waals surface area contributed by atoms with E-state index in [0.717, 1.165) is 12.1 Å². The normalized spacial score (nSPS) is 9.50. The summed E-state index contributed by atoms with van der Waals surface area (Å²) in [6.07, 6.45) is 0. The summed E-state index contributed by atoms with van der Waals surface area (Å²) in [7, 11) is 1.43. The maximum absolute atomic E-state index is 10.8. The predicted molar refractivity (Wildman–Crippen MR) is 49.5 cm³/mol. The third-order valence-corrected chi connectivity index (χ3v) is 1.55. The van der Waals surface area contributed by atoms with Crippen LogP contribution in [0.15, 0.2) is 12.1 Å². The fourth-order valence-corrected chi connectivity index (χ4v) is 0.870. The third kappa shape index (κ3) is 1.98. The quantitative estimate of drug-likeness (QED) is 0.336. The molecule has 0 radical (unpaired) electrons. The summed E-state index contributed by atoms with van der Waals surface area (Å²) >= 11 is 0. The summed E-state index contributed by atoms with van der Waals surface area (Å²) in [6, 6.07) is 1.74. The highest BCUT2D eigenvalue weighted by Crippen LogP contribution is 2.37. The number of hydrogen-bond donors (Lipinski definition) is 5. The van der Waals surface area contributed by atoms with Crippen LogP contribution in [0.25, 0.3) is 0 Å². The Balaban J connectivity index is 2.95. The second-order valence-electron chi connectivity index (χ2n) is 2.57. The Bertz CT molecular complexity index is 341. The van der Waals surface area contributed by atoms with Crippen molar-refractivity contribution in [2.75, 3.05) is 12.4 Å². The van der Waals surface area contributed by atoms with Crippen molar-refractivity contribution < 1.29 is 20.1 Å². The van der Waals surface area contributed by atoms with E-state index in [-0.39, 0.29) is 5.69 Å². The van der Waals surface area contributed by atoms with Crippen LogP contribution in [0.2, 0.25) is 0 Å². The Hall–Kier alpha value is -2.11. The summed E-state index contributed by atoms with van der Waals surface area (Å²) in [4.78, 5) is 10.8. The summed E-state index contributed by atoms with van der Waals surface area (Å²) in [5.41, 5.74) is 0.178. The van der Waals surface area contributed by atoms with Gasteiger partial charge in [-0.15, -0.1) is 0 Å². The van der Waals surface area contributed by atoms with Gasteiger partial charge >= 0.3 is 6.03 Å². The molecule has 2 amide bonds. The number of urea groups is 1. The fourth-order valence-electron chi connectivity index (χ4n) is 0.870. The lowest BCUT2D eigenvalue weighted by Crippen LogP contribution is -2.24. The van der Waals surface area contributed by atoms with E-state index in [2.05, 4.69) is 10.6 Å². The molecule has 0 bridgehead atoms. The number of phenols is 3. The number of amides is 2. The zero-order chi connectivity index (χ0) is 10.7. The molecule has 0 aliphatic carbocycles. The fraction of sp³-hybridized carbons (Fsp3) is 0.125. The SMILES string of the molecule is CNC(=O)Nc1cc(O)c(O)c(O)c1. The molecule has 0 aliphatic rings. The molecule has 0 spiro atoms. The number of hydrogen-bond acceptors (Lipinski definition) is 4. The number of nitrogens with one attached hydrogen (secondary N) is 2. The first kappa shape index (κ1) is 9.97. The van der Waals surface area contributed by atoms with Crippen molar-refractivity contribution in [3.8, 4) is 17.2 Å². The standard InChI is InChI=1S/C8H10N2O4/c1-9-8(14)10-4-2-5(11)7(13)6(12)3-4/h2-3,11-13H,1H3,(H2,9,10,14). The van der Waals surface area contributed by atoms with Gasteiger partial charge in [0, 0.05) is 19.2 Å². The molecule has 1 rings (SSSR count). The molecule has 14 heavy (non-hydrogen) atoms. The summed E-state index contributed by atoms with van der Waals surface area (Å²) in [5, 5.41) is 31.8. The first-order valence-corrected chi connectivity index (χ1v) is 3.78. The van der Waals surface area contributed by atoms with Gasteiger partial charge in [0.15, 0.2) is 17.2 Å². The smallest absolute Gasteiger partial charge is 0.318 e. The Morgan fingerprint density at radius 2 is 1.71 bits per heavy atom. The lowest BCUT2D eigenvalue weighted by atomic mass is 10.2. The van der Waals surface area contributed by atoms with E-state index in [0.29, 0.717) is 0 Å². The van der Waals surface area contributed by atoms with E-state index in [9.17, 15) is 4.79 Å². The van der Waals surface area contributed by atoms with Gasteiger partial charge in [0.25, 0.3) is 0 Å². The number of benzene rings is 1. The molecule has 76 valence electrons. The molecule has 6 heteroatoms. The van der Waals surface area contributed by atoms with E-state index in [1.54, 1.807) is 0 Å². The van der Waals surface area contributed by atoms with Gasteiger partial charge in [-0.3, -0.25) is 0 Å². The summed E-state index contributed by atoms with van der Waals surface area (Å²) < 4.78 is 0. The van der Waals surface area contributed by atoms with Crippen LogP contribution in [0.1, 0.15) is 0 Å². The lowest BCUT2D eigenvalue weighted by molar-refractivity contribution is 0.254. The Labute approximate surface area is 79.8 Å². The minimum Gasteiger partial charge on any atom is -0.504 e. The minimum absolute atomic E-state index is 0.178. The number of rotatable bonds is 1. The van der Waals surface area contributed by atoms with Crippen LogP contribution in [0.5, 0.6) is 17.2 Å². The third-order valence-electron chi connectivity index (χ3n) is 1.55. The monoisotopic (exact) mass is 198 g/mol. The highest BCUT2D eigenvalue weighted by Gasteiger charge is 2.08. The zero-order valence-electron chi connectivity index (χ0n) is 7.40. The first-order chi connectivity index (χ1) is 6.54. The molecule has 0 aliphatic heterocycles. The average molecular weight is 198 g/mol. The molecular formula is C8H10N2O4. The number of carbonyl (C=O) groups is 1. The Morgan fingerprint density at radius 1 is 1.21 bits per heavy atom. The zero-order valence-corrected chi connectivity index (χ0v) is 7.40. The molecule has 0 heterocycles. The highest BCUT2D eigenvalue weighted by atomic mass is 16.3. The highest BCUT2D eigenvalue weighted by molar-refractivity contribution is 5.89. The Morgan fingerprint density at radius 3 is 2.14 bits per heavy atom. The molecule has 1 aromatic rings. The maximum Gasteiger partial charge on any atom is 0.318 e. The minimum atomic E-state index is -0.618. The van der Waals surface area contributed by atoms with E-state index in [1.165, 1.54) is 7.05 Å². The second-order valence-corrected chi connectivity index (χ2v) is 2.57. The predicted octanol–water partition coefficient (Wildman–Crippen LogP) is 0.555. The van der Waals surface area contributed by atoms with Crippen LogP contribution < -0.4 is 10.6 Å². The van der Waals surface area contributed by atoms with Crippen molar-refractivity contribution in [2.45, 2.75) is 0 Å². The molecule has 0 saturated heterocycles. The van der Waals surface area contributed by atoms with Gasteiger partial charge in [0.05, 0.1) is 5.69 Å². The molecule has 0 fully saturated rings. The van der Waals surface area contributed by atoms with Gasteiger partial charge in [-0.05, 0) is 0 Å². The Kier molecular flexibility index (Phi) is 2.66. The van der Waals surface area contributed by atoms with Crippen molar-refractivity contribution in [1.82, 2.24) is 5.32 Å². The second kappa shape index (κ2) is 3.73. The maximum atomic E-state index is 10.8. The molecule has 0 unspecified atom stereocenters. The van der Waals surface area contributed by atoms with Crippen LogP contribution >= 0.6 is 0 Å². The molecule has 0 aromatic heterocycles. The van der Waals surface area contributed by atoms with Crippen molar-refractivity contribution in [3.63, 3.8) is 0 Å². The van der Waals surface area contributed by atoms with E-state index in [1.807, 2.05) is 0 Å². The number of aromatic hydroxyl groups is 3. The van der Waals surface area contributed by atoms with E-state index >= 15 is 0 Å². The van der Waals surface area contributed by atoms with Crippen molar-refractivity contribution in [3.05, 3.63) is 12.1 Å². The number of anilines is 1. The molecule has 0 saturated carbocycles. The van der Waals surface area contributed by atoms with Crippen LogP contribution in [0, 0.1) is 0 Å². The van der Waals surface area contributed by atoms with E-state index in [4.69, 9.17) is 15.3 Å². The van der Waals surface area contributed by atoms with Crippen LogP contribution in [-0.2, 0) is 0 Å².